The smallest absolute Gasteiger partial charge is 0.291 e. The second-order valence-corrected chi connectivity index (χ2v) is 8.56. The molecule has 2 aromatic heterocycles. The van der Waals surface area contributed by atoms with Gasteiger partial charge in [0.05, 0.1) is 28.6 Å². The van der Waals surface area contributed by atoms with E-state index in [1.807, 2.05) is 30.7 Å². The average molecular weight is 484 g/mol. The zero-order valence-electron chi connectivity index (χ0n) is 18.5. The van der Waals surface area contributed by atoms with E-state index in [2.05, 4.69) is 29.5 Å². The Hall–Kier alpha value is -3.22. The van der Waals surface area contributed by atoms with E-state index in [0.29, 0.717) is 33.8 Å². The highest BCUT2D eigenvalue weighted by Crippen LogP contribution is 2.28. The van der Waals surface area contributed by atoms with Crippen LogP contribution in [-0.2, 0) is 13.2 Å². The highest BCUT2D eigenvalue weighted by atomic mass is 35.5. The number of nitrogens with zero attached hydrogens (tertiary/aromatic N) is 2. The number of halogens is 2. The van der Waals surface area contributed by atoms with Crippen LogP contribution >= 0.6 is 23.2 Å². The largest absolute Gasteiger partial charge is 0.484 e. The fraction of sp³-hybridized carbons (Fsp3) is 0.200. The summed E-state index contributed by atoms with van der Waals surface area (Å²) in [5, 5.41) is 8.46. The molecule has 2 heterocycles. The first kappa shape index (κ1) is 23.0. The van der Waals surface area contributed by atoms with Gasteiger partial charge in [0.15, 0.2) is 5.76 Å². The minimum atomic E-state index is -0.354. The van der Waals surface area contributed by atoms with Gasteiger partial charge >= 0.3 is 0 Å². The number of anilines is 1. The first-order valence-corrected chi connectivity index (χ1v) is 11.1. The molecule has 0 aliphatic rings. The molecule has 0 spiro atoms. The predicted octanol–water partition coefficient (Wildman–Crippen LogP) is 6.59. The molecular formula is C25H23Cl2N3O3. The Balaban J connectivity index is 1.43. The van der Waals surface area contributed by atoms with Crippen molar-refractivity contribution in [1.82, 2.24) is 9.78 Å². The first-order chi connectivity index (χ1) is 15.8. The third-order valence-electron chi connectivity index (χ3n) is 5.35. The molecule has 0 fully saturated rings. The van der Waals surface area contributed by atoms with Gasteiger partial charge in [-0.25, -0.2) is 0 Å². The summed E-state index contributed by atoms with van der Waals surface area (Å²) in [4.78, 5) is 12.8. The number of carbonyl (C=O) groups is 1. The topological polar surface area (TPSA) is 69.3 Å². The number of benzene rings is 2. The number of hydrogen-bond acceptors (Lipinski definition) is 4. The van der Waals surface area contributed by atoms with E-state index in [0.717, 1.165) is 11.4 Å². The quantitative estimate of drug-likeness (QED) is 0.321. The highest BCUT2D eigenvalue weighted by Gasteiger charge is 2.18. The van der Waals surface area contributed by atoms with E-state index in [-0.39, 0.29) is 18.3 Å². The molecule has 0 aliphatic heterocycles. The summed E-state index contributed by atoms with van der Waals surface area (Å²) in [6, 6.07) is 16.4. The van der Waals surface area contributed by atoms with Crippen LogP contribution in [0.4, 0.5) is 5.69 Å². The van der Waals surface area contributed by atoms with Crippen molar-refractivity contribution >= 4 is 34.8 Å². The number of nitrogens with one attached hydrogen (secondary N) is 1. The van der Waals surface area contributed by atoms with Gasteiger partial charge in [0.25, 0.3) is 5.91 Å². The first-order valence-electron chi connectivity index (χ1n) is 10.4. The van der Waals surface area contributed by atoms with Crippen molar-refractivity contribution < 1.29 is 13.9 Å². The molecule has 8 heteroatoms. The summed E-state index contributed by atoms with van der Waals surface area (Å²) in [7, 11) is 0. The standard InChI is InChI=1S/C25H23Cl2N3O3/c1-15-6-4-5-7-18(15)13-30-17(3)24(16(2)29-30)28-25(31)23-11-9-20(33-23)14-32-22-10-8-19(26)12-21(22)27/h4-12H,13-14H2,1-3H3,(H,28,31). The van der Waals surface area contributed by atoms with Crippen molar-refractivity contribution in [1.29, 1.82) is 0 Å². The normalized spacial score (nSPS) is 10.9. The summed E-state index contributed by atoms with van der Waals surface area (Å²) >= 11 is 12.0. The Bertz CT molecular complexity index is 1310. The summed E-state index contributed by atoms with van der Waals surface area (Å²) in [6.07, 6.45) is 0. The second-order valence-electron chi connectivity index (χ2n) is 7.71. The zero-order valence-corrected chi connectivity index (χ0v) is 20.0. The van der Waals surface area contributed by atoms with Crippen molar-refractivity contribution in [2.45, 2.75) is 33.9 Å². The molecule has 2 aromatic carbocycles. The molecular weight excluding hydrogens is 461 g/mol. The molecule has 33 heavy (non-hydrogen) atoms. The van der Waals surface area contributed by atoms with Crippen LogP contribution in [0.1, 0.15) is 38.8 Å². The number of carbonyl (C=O) groups excluding carboxylic acids is 1. The van der Waals surface area contributed by atoms with Gasteiger partial charge in [-0.15, -0.1) is 0 Å². The lowest BCUT2D eigenvalue weighted by Gasteiger charge is -2.08. The number of aryl methyl sites for hydroxylation is 2. The SMILES string of the molecule is Cc1ccccc1Cn1nc(C)c(NC(=O)c2ccc(COc3ccc(Cl)cc3Cl)o2)c1C. The molecule has 0 unspecified atom stereocenters. The third-order valence-corrected chi connectivity index (χ3v) is 5.88. The van der Waals surface area contributed by atoms with Gasteiger partial charge in [-0.1, -0.05) is 47.5 Å². The molecule has 4 aromatic rings. The van der Waals surface area contributed by atoms with Crippen LogP contribution in [0.2, 0.25) is 10.0 Å². The van der Waals surface area contributed by atoms with Crippen molar-refractivity contribution in [3.8, 4) is 5.75 Å². The van der Waals surface area contributed by atoms with Crippen LogP contribution in [0.5, 0.6) is 5.75 Å². The number of aromatic nitrogens is 2. The Morgan fingerprint density at radius 1 is 1.09 bits per heavy atom. The van der Waals surface area contributed by atoms with E-state index in [1.54, 1.807) is 30.3 Å². The molecule has 170 valence electrons. The number of rotatable bonds is 7. The van der Waals surface area contributed by atoms with Crippen LogP contribution in [0.15, 0.2) is 59.0 Å². The summed E-state index contributed by atoms with van der Waals surface area (Å²) in [6.45, 7) is 6.63. The van der Waals surface area contributed by atoms with Crippen LogP contribution in [0.3, 0.4) is 0 Å². The molecule has 1 amide bonds. The molecule has 0 saturated carbocycles. The molecule has 1 N–H and O–H groups in total. The Labute approximate surface area is 202 Å². The molecule has 0 bridgehead atoms. The lowest BCUT2D eigenvalue weighted by Crippen LogP contribution is -2.12. The maximum absolute atomic E-state index is 12.8. The third kappa shape index (κ3) is 5.24. The van der Waals surface area contributed by atoms with E-state index in [4.69, 9.17) is 32.4 Å². The van der Waals surface area contributed by atoms with Crippen molar-refractivity contribution in [2.75, 3.05) is 5.32 Å². The van der Waals surface area contributed by atoms with Gasteiger partial charge < -0.3 is 14.5 Å². The molecule has 0 radical (unpaired) electrons. The van der Waals surface area contributed by atoms with Crippen molar-refractivity contribution in [3.63, 3.8) is 0 Å². The second kappa shape index (κ2) is 9.73. The lowest BCUT2D eigenvalue weighted by molar-refractivity contribution is 0.0992. The van der Waals surface area contributed by atoms with Crippen molar-refractivity contribution in [3.05, 3.63) is 98.7 Å². The maximum atomic E-state index is 12.8. The van der Waals surface area contributed by atoms with Gasteiger partial charge in [0.1, 0.15) is 18.1 Å². The lowest BCUT2D eigenvalue weighted by atomic mass is 10.1. The minimum absolute atomic E-state index is 0.126. The van der Waals surface area contributed by atoms with Gasteiger partial charge in [0, 0.05) is 5.02 Å². The van der Waals surface area contributed by atoms with Crippen molar-refractivity contribution in [2.24, 2.45) is 0 Å². The highest BCUT2D eigenvalue weighted by molar-refractivity contribution is 6.35. The fourth-order valence-electron chi connectivity index (χ4n) is 3.47. The Kier molecular flexibility index (Phi) is 6.77. The van der Waals surface area contributed by atoms with Crippen LogP contribution < -0.4 is 10.1 Å². The number of ether oxygens (including phenoxy) is 1. The van der Waals surface area contributed by atoms with E-state index in [9.17, 15) is 4.79 Å². The van der Waals surface area contributed by atoms with Gasteiger partial charge in [-0.3, -0.25) is 9.48 Å². The summed E-state index contributed by atoms with van der Waals surface area (Å²) in [5.41, 5.74) is 4.66. The van der Waals surface area contributed by atoms with E-state index >= 15 is 0 Å². The zero-order chi connectivity index (χ0) is 23.5. The number of amides is 1. The van der Waals surface area contributed by atoms with Gasteiger partial charge in [-0.2, -0.15) is 5.10 Å². The molecule has 0 aliphatic carbocycles. The van der Waals surface area contributed by atoms with Crippen LogP contribution in [-0.4, -0.2) is 15.7 Å². The maximum Gasteiger partial charge on any atom is 0.291 e. The Morgan fingerprint density at radius 2 is 1.88 bits per heavy atom. The summed E-state index contributed by atoms with van der Waals surface area (Å²) < 4.78 is 13.2. The molecule has 6 nitrogen and oxygen atoms in total. The number of furan rings is 1. The molecule has 4 rings (SSSR count). The minimum Gasteiger partial charge on any atom is -0.484 e. The molecule has 0 atom stereocenters. The Morgan fingerprint density at radius 3 is 2.64 bits per heavy atom. The van der Waals surface area contributed by atoms with Gasteiger partial charge in [0.2, 0.25) is 0 Å². The monoisotopic (exact) mass is 483 g/mol. The average Bonchev–Trinajstić information content (AvgIpc) is 3.35. The fourth-order valence-corrected chi connectivity index (χ4v) is 3.94. The predicted molar refractivity (Wildman–Crippen MR) is 129 cm³/mol. The van der Waals surface area contributed by atoms with E-state index < -0.39 is 0 Å². The summed E-state index contributed by atoms with van der Waals surface area (Å²) in [5.74, 6) is 0.805. The number of hydrogen-bond donors (Lipinski definition) is 1. The van der Waals surface area contributed by atoms with E-state index in [1.165, 1.54) is 11.1 Å². The molecule has 0 saturated heterocycles. The van der Waals surface area contributed by atoms with Crippen LogP contribution in [0.25, 0.3) is 0 Å². The van der Waals surface area contributed by atoms with Gasteiger partial charge in [-0.05, 0) is 62.2 Å². The van der Waals surface area contributed by atoms with Crippen LogP contribution in [0, 0.1) is 20.8 Å².